The molecular formula is C21H21N3O2. The lowest BCUT2D eigenvalue weighted by molar-refractivity contribution is -0.115. The Morgan fingerprint density at radius 2 is 1.50 bits per heavy atom. The van der Waals surface area contributed by atoms with Crippen molar-refractivity contribution in [2.24, 2.45) is 0 Å². The molecule has 0 heterocycles. The lowest BCUT2D eigenvalue weighted by Crippen LogP contribution is -2.35. The van der Waals surface area contributed by atoms with Crippen molar-refractivity contribution >= 4 is 34.1 Å². The summed E-state index contributed by atoms with van der Waals surface area (Å²) >= 11 is 0. The molecule has 0 saturated heterocycles. The number of aryl methyl sites for hydroxylation is 1. The van der Waals surface area contributed by atoms with Crippen molar-refractivity contribution in [3.8, 4) is 0 Å². The first kappa shape index (κ1) is 17.5. The largest absolute Gasteiger partial charge is 0.329 e. The van der Waals surface area contributed by atoms with Crippen LogP contribution in [0.5, 0.6) is 0 Å². The van der Waals surface area contributed by atoms with Crippen LogP contribution in [0.4, 0.5) is 16.2 Å². The van der Waals surface area contributed by atoms with Crippen LogP contribution in [0.2, 0.25) is 0 Å². The second-order valence-corrected chi connectivity index (χ2v) is 5.89. The monoisotopic (exact) mass is 347 g/mol. The standard InChI is InChI=1S/C21H21N3O2/c1-2-15-8-4-6-12-18(15)23-20(25)14-22-21(26)24-19-13-7-10-16-9-3-5-11-17(16)19/h3-13H,2,14H2,1H3,(H,23,25)(H2,22,24,26). The molecule has 0 saturated carbocycles. The molecule has 0 spiro atoms. The van der Waals surface area contributed by atoms with Gasteiger partial charge in [0.1, 0.15) is 0 Å². The minimum atomic E-state index is -0.416. The van der Waals surface area contributed by atoms with Crippen LogP contribution in [0.15, 0.2) is 66.7 Å². The van der Waals surface area contributed by atoms with Gasteiger partial charge in [0.05, 0.1) is 12.2 Å². The molecule has 0 fully saturated rings. The van der Waals surface area contributed by atoms with Crippen molar-refractivity contribution in [1.82, 2.24) is 5.32 Å². The number of hydrogen-bond donors (Lipinski definition) is 3. The number of carbonyl (C=O) groups is 2. The molecule has 0 aliphatic rings. The zero-order valence-electron chi connectivity index (χ0n) is 14.6. The van der Waals surface area contributed by atoms with E-state index in [1.165, 1.54) is 0 Å². The van der Waals surface area contributed by atoms with Gasteiger partial charge in [-0.25, -0.2) is 4.79 Å². The topological polar surface area (TPSA) is 70.2 Å². The van der Waals surface area contributed by atoms with Gasteiger partial charge in [-0.05, 0) is 29.5 Å². The molecule has 0 bridgehead atoms. The van der Waals surface area contributed by atoms with E-state index in [-0.39, 0.29) is 12.5 Å². The fraction of sp³-hybridized carbons (Fsp3) is 0.143. The quantitative estimate of drug-likeness (QED) is 0.648. The molecule has 26 heavy (non-hydrogen) atoms. The fourth-order valence-electron chi connectivity index (χ4n) is 2.81. The summed E-state index contributed by atoms with van der Waals surface area (Å²) in [4.78, 5) is 24.2. The SMILES string of the molecule is CCc1ccccc1NC(=O)CNC(=O)Nc1cccc2ccccc12. The third-order valence-corrected chi connectivity index (χ3v) is 4.12. The van der Waals surface area contributed by atoms with E-state index in [0.717, 1.165) is 28.4 Å². The Kier molecular flexibility index (Phi) is 5.49. The van der Waals surface area contributed by atoms with Gasteiger partial charge in [-0.1, -0.05) is 61.5 Å². The van der Waals surface area contributed by atoms with Gasteiger partial charge < -0.3 is 16.0 Å². The number of hydrogen-bond acceptors (Lipinski definition) is 2. The summed E-state index contributed by atoms with van der Waals surface area (Å²) in [5, 5.41) is 10.2. The number of amides is 3. The number of para-hydroxylation sites is 1. The molecule has 5 nitrogen and oxygen atoms in total. The van der Waals surface area contributed by atoms with Crippen LogP contribution >= 0.6 is 0 Å². The summed E-state index contributed by atoms with van der Waals surface area (Å²) in [5.41, 5.74) is 2.54. The molecule has 5 heteroatoms. The minimum Gasteiger partial charge on any atom is -0.329 e. The maximum Gasteiger partial charge on any atom is 0.319 e. The summed E-state index contributed by atoms with van der Waals surface area (Å²) in [5.74, 6) is -0.265. The number of fused-ring (bicyclic) bond motifs is 1. The predicted octanol–water partition coefficient (Wildman–Crippen LogP) is 4.16. The third kappa shape index (κ3) is 4.19. The van der Waals surface area contributed by atoms with E-state index in [2.05, 4.69) is 16.0 Å². The van der Waals surface area contributed by atoms with E-state index in [1.807, 2.05) is 73.7 Å². The van der Waals surface area contributed by atoms with Crippen LogP contribution in [0.25, 0.3) is 10.8 Å². The first-order valence-corrected chi connectivity index (χ1v) is 8.57. The lowest BCUT2D eigenvalue weighted by Gasteiger charge is -2.12. The molecule has 0 aliphatic heterocycles. The summed E-state index contributed by atoms with van der Waals surface area (Å²) in [6.07, 6.45) is 0.825. The van der Waals surface area contributed by atoms with Crippen molar-refractivity contribution in [2.75, 3.05) is 17.2 Å². The van der Waals surface area contributed by atoms with Gasteiger partial charge in [0.2, 0.25) is 5.91 Å². The summed E-state index contributed by atoms with van der Waals surface area (Å²) in [6.45, 7) is 1.93. The average molecular weight is 347 g/mol. The number of benzene rings is 3. The smallest absolute Gasteiger partial charge is 0.319 e. The Balaban J connectivity index is 1.57. The number of nitrogens with one attached hydrogen (secondary N) is 3. The van der Waals surface area contributed by atoms with E-state index in [1.54, 1.807) is 0 Å². The van der Waals surface area contributed by atoms with Gasteiger partial charge in [0.25, 0.3) is 0 Å². The molecule has 0 aromatic heterocycles. The molecule has 0 unspecified atom stereocenters. The van der Waals surface area contributed by atoms with Gasteiger partial charge in [0, 0.05) is 11.1 Å². The molecule has 3 N–H and O–H groups in total. The van der Waals surface area contributed by atoms with Gasteiger partial charge in [-0.15, -0.1) is 0 Å². The van der Waals surface area contributed by atoms with E-state index in [0.29, 0.717) is 5.69 Å². The first-order chi connectivity index (χ1) is 12.7. The predicted molar refractivity (Wildman–Crippen MR) is 105 cm³/mol. The molecule has 0 atom stereocenters. The molecule has 3 amide bonds. The number of urea groups is 1. The van der Waals surface area contributed by atoms with Gasteiger partial charge in [0.15, 0.2) is 0 Å². The number of anilines is 2. The van der Waals surface area contributed by atoms with Crippen LogP contribution in [0.3, 0.4) is 0 Å². The Morgan fingerprint density at radius 1 is 0.808 bits per heavy atom. The van der Waals surface area contributed by atoms with Crippen molar-refractivity contribution < 1.29 is 9.59 Å². The van der Waals surface area contributed by atoms with E-state index >= 15 is 0 Å². The minimum absolute atomic E-state index is 0.103. The van der Waals surface area contributed by atoms with Crippen LogP contribution in [0, 0.1) is 0 Å². The van der Waals surface area contributed by atoms with Crippen molar-refractivity contribution in [3.63, 3.8) is 0 Å². The molecule has 132 valence electrons. The van der Waals surface area contributed by atoms with Gasteiger partial charge in [-0.2, -0.15) is 0 Å². The van der Waals surface area contributed by atoms with E-state index in [4.69, 9.17) is 0 Å². The first-order valence-electron chi connectivity index (χ1n) is 8.57. The Hall–Kier alpha value is -3.34. The lowest BCUT2D eigenvalue weighted by atomic mass is 10.1. The third-order valence-electron chi connectivity index (χ3n) is 4.12. The van der Waals surface area contributed by atoms with Gasteiger partial charge >= 0.3 is 6.03 Å². The highest BCUT2D eigenvalue weighted by atomic mass is 16.2. The normalized spacial score (nSPS) is 10.3. The summed E-state index contributed by atoms with van der Waals surface area (Å²) in [6, 6.07) is 20.7. The maximum absolute atomic E-state index is 12.1. The number of carbonyl (C=O) groups excluding carboxylic acids is 2. The second kappa shape index (κ2) is 8.16. The van der Waals surface area contributed by atoms with Crippen LogP contribution < -0.4 is 16.0 Å². The fourth-order valence-corrected chi connectivity index (χ4v) is 2.81. The maximum atomic E-state index is 12.1. The van der Waals surface area contributed by atoms with Crippen molar-refractivity contribution in [3.05, 3.63) is 72.3 Å². The van der Waals surface area contributed by atoms with Crippen LogP contribution in [0.1, 0.15) is 12.5 Å². The highest BCUT2D eigenvalue weighted by Gasteiger charge is 2.09. The summed E-state index contributed by atoms with van der Waals surface area (Å²) in [7, 11) is 0. The van der Waals surface area contributed by atoms with Crippen LogP contribution in [-0.4, -0.2) is 18.5 Å². The molecule has 0 radical (unpaired) electrons. The zero-order valence-corrected chi connectivity index (χ0v) is 14.6. The van der Waals surface area contributed by atoms with Crippen molar-refractivity contribution in [1.29, 1.82) is 0 Å². The Labute approximate surface area is 152 Å². The number of rotatable bonds is 5. The van der Waals surface area contributed by atoms with Crippen LogP contribution in [-0.2, 0) is 11.2 Å². The summed E-state index contributed by atoms with van der Waals surface area (Å²) < 4.78 is 0. The highest BCUT2D eigenvalue weighted by molar-refractivity contribution is 6.03. The molecule has 0 aliphatic carbocycles. The van der Waals surface area contributed by atoms with Crippen molar-refractivity contribution in [2.45, 2.75) is 13.3 Å². The molecule has 3 aromatic rings. The zero-order chi connectivity index (χ0) is 18.4. The van der Waals surface area contributed by atoms with E-state index < -0.39 is 6.03 Å². The second-order valence-electron chi connectivity index (χ2n) is 5.89. The highest BCUT2D eigenvalue weighted by Crippen LogP contribution is 2.22. The van der Waals surface area contributed by atoms with Gasteiger partial charge in [-0.3, -0.25) is 4.79 Å². The molecular weight excluding hydrogens is 326 g/mol. The molecule has 3 rings (SSSR count). The Morgan fingerprint density at radius 3 is 2.35 bits per heavy atom. The molecule has 3 aromatic carbocycles. The average Bonchev–Trinajstić information content (AvgIpc) is 2.67. The van der Waals surface area contributed by atoms with E-state index in [9.17, 15) is 9.59 Å². The Bertz CT molecular complexity index is 932.